The van der Waals surface area contributed by atoms with Crippen molar-refractivity contribution in [3.8, 4) is 16.4 Å². The number of fused-ring (bicyclic) bond motifs is 4. The first-order valence-corrected chi connectivity index (χ1v) is 20.9. The van der Waals surface area contributed by atoms with Gasteiger partial charge >= 0.3 is 0 Å². The normalized spacial score (nSPS) is 14.2. The number of rotatable bonds is 5. The SMILES string of the molecule is C=CC(C)S(C#Cc1c2cc3ccccc3cc2c(C#S(C(C)C)(C(C)C)C(C)C=C)c2cc3ccccc3cc12)(C(C)C)C(C)C. The maximum Gasteiger partial charge on any atom is 0.0411 e. The van der Waals surface area contributed by atoms with Crippen molar-refractivity contribution in [2.75, 3.05) is 0 Å². The van der Waals surface area contributed by atoms with Crippen molar-refractivity contribution in [2.24, 2.45) is 0 Å². The molecule has 2 unspecified atom stereocenters. The predicted molar refractivity (Wildman–Crippen MR) is 221 cm³/mol. The van der Waals surface area contributed by atoms with Gasteiger partial charge in [-0.05, 0) is 93.6 Å². The molecule has 0 N–H and O–H groups in total. The first-order chi connectivity index (χ1) is 22.3. The maximum atomic E-state index is 4.38. The first-order valence-electron chi connectivity index (χ1n) is 17.3. The summed E-state index contributed by atoms with van der Waals surface area (Å²) in [6.45, 7) is 32.2. The van der Waals surface area contributed by atoms with Gasteiger partial charge in [0, 0.05) is 21.6 Å². The van der Waals surface area contributed by atoms with Gasteiger partial charge in [0.15, 0.2) is 0 Å². The minimum atomic E-state index is -1.40. The lowest BCUT2D eigenvalue weighted by atomic mass is 9.89. The van der Waals surface area contributed by atoms with Crippen molar-refractivity contribution in [2.45, 2.75) is 101 Å². The van der Waals surface area contributed by atoms with E-state index in [9.17, 15) is 0 Å². The zero-order chi connectivity index (χ0) is 34.3. The highest BCUT2D eigenvalue weighted by molar-refractivity contribution is 8.38. The third-order valence-electron chi connectivity index (χ3n) is 10.5. The lowest BCUT2D eigenvalue weighted by molar-refractivity contribution is 0.988. The molecule has 5 aromatic carbocycles. The summed E-state index contributed by atoms with van der Waals surface area (Å²) < 4.78 is 0. The minimum Gasteiger partial charge on any atom is -0.173 e. The number of hydrogen-bond donors (Lipinski definition) is 0. The highest BCUT2D eigenvalue weighted by atomic mass is 32.3. The molecule has 0 saturated heterocycles. The minimum absolute atomic E-state index is 0.328. The van der Waals surface area contributed by atoms with Crippen LogP contribution in [0.3, 0.4) is 0 Å². The predicted octanol–water partition coefficient (Wildman–Crippen LogP) is 13.3. The largest absolute Gasteiger partial charge is 0.173 e. The standard InChI is InChI=1S/C45H54S2/c1-13-34(11)46(30(3)4,31(5)6)24-23-40-41-25-36-19-15-17-21-38(36)27-43(41)45(29-47(32(7)8,33(9)10)35(12)14-2)44-28-39-22-18-16-20-37(39)26-42(40)44/h13-22,25-28,30-35H,1-2H2,3-12H3. The van der Waals surface area contributed by atoms with E-state index in [4.69, 9.17) is 0 Å². The van der Waals surface area contributed by atoms with Gasteiger partial charge in [0.05, 0.1) is 0 Å². The maximum absolute atomic E-state index is 4.38. The van der Waals surface area contributed by atoms with Gasteiger partial charge < -0.3 is 0 Å². The van der Waals surface area contributed by atoms with Gasteiger partial charge in [0.1, 0.15) is 0 Å². The summed E-state index contributed by atoms with van der Waals surface area (Å²) in [6.07, 6.45) is 4.30. The summed E-state index contributed by atoms with van der Waals surface area (Å²) in [6, 6.07) is 27.1. The Hall–Kier alpha value is -3.34. The zero-order valence-corrected chi connectivity index (χ0v) is 31.9. The summed E-state index contributed by atoms with van der Waals surface area (Å²) >= 11 is 0. The van der Waals surface area contributed by atoms with E-state index in [1.165, 1.54) is 48.7 Å². The van der Waals surface area contributed by atoms with E-state index in [1.807, 2.05) is 0 Å². The molecule has 0 heterocycles. The van der Waals surface area contributed by atoms with Gasteiger partial charge in [0.2, 0.25) is 0 Å². The Bertz CT molecular complexity index is 2060. The first kappa shape index (κ1) is 35.0. The summed E-state index contributed by atoms with van der Waals surface area (Å²) in [4.78, 5) is 0. The molecule has 0 spiro atoms. The molecule has 2 atom stereocenters. The Morgan fingerprint density at radius 1 is 0.511 bits per heavy atom. The molecule has 5 aromatic rings. The molecule has 0 aliphatic carbocycles. The van der Waals surface area contributed by atoms with Crippen LogP contribution in [0.4, 0.5) is 0 Å². The molecule has 0 fully saturated rings. The lowest BCUT2D eigenvalue weighted by Gasteiger charge is -2.46. The fourth-order valence-corrected chi connectivity index (χ4v) is 16.4. The van der Waals surface area contributed by atoms with E-state index in [0.29, 0.717) is 31.5 Å². The van der Waals surface area contributed by atoms with Crippen LogP contribution in [-0.2, 0) is 0 Å². The lowest BCUT2D eigenvalue weighted by Crippen LogP contribution is -2.27. The van der Waals surface area contributed by atoms with E-state index in [-0.39, 0.29) is 0 Å². The summed E-state index contributed by atoms with van der Waals surface area (Å²) in [7, 11) is -2.75. The Balaban J connectivity index is 2.13. The molecular weight excluding hydrogens is 605 g/mol. The third-order valence-corrected chi connectivity index (χ3v) is 20.6. The van der Waals surface area contributed by atoms with Crippen molar-refractivity contribution in [3.63, 3.8) is 0 Å². The molecule has 2 heteroatoms. The Morgan fingerprint density at radius 3 is 1.19 bits per heavy atom. The van der Waals surface area contributed by atoms with E-state index in [2.05, 4.69) is 184 Å². The molecule has 0 radical (unpaired) electrons. The fourth-order valence-electron chi connectivity index (χ4n) is 7.94. The zero-order valence-electron chi connectivity index (χ0n) is 30.3. The summed E-state index contributed by atoms with van der Waals surface area (Å²) in [5.41, 5.74) is 2.37. The molecule has 5 rings (SSSR count). The van der Waals surface area contributed by atoms with Crippen LogP contribution in [0.25, 0.3) is 43.1 Å². The Labute approximate surface area is 287 Å². The van der Waals surface area contributed by atoms with E-state index >= 15 is 0 Å². The molecule has 47 heavy (non-hydrogen) atoms. The molecule has 0 nitrogen and oxygen atoms in total. The topological polar surface area (TPSA) is 0 Å². The number of benzene rings is 5. The summed E-state index contributed by atoms with van der Waals surface area (Å²) in [5, 5.41) is 20.8. The van der Waals surface area contributed by atoms with E-state index in [1.54, 1.807) is 0 Å². The third kappa shape index (κ3) is 5.86. The van der Waals surface area contributed by atoms with Crippen LogP contribution in [-0.4, -0.2) is 31.5 Å². The van der Waals surface area contributed by atoms with Gasteiger partial charge in [0.25, 0.3) is 0 Å². The van der Waals surface area contributed by atoms with Crippen molar-refractivity contribution in [3.05, 3.63) is 109 Å². The van der Waals surface area contributed by atoms with Crippen molar-refractivity contribution in [1.29, 1.82) is 0 Å². The van der Waals surface area contributed by atoms with Crippen molar-refractivity contribution < 1.29 is 0 Å². The Morgan fingerprint density at radius 2 is 0.872 bits per heavy atom. The second kappa shape index (κ2) is 13.6. The molecule has 0 amide bonds. The number of hydrogen-bond acceptors (Lipinski definition) is 0. The van der Waals surface area contributed by atoms with Crippen molar-refractivity contribution in [1.82, 2.24) is 0 Å². The van der Waals surface area contributed by atoms with Crippen LogP contribution < -0.4 is 0 Å². The van der Waals surface area contributed by atoms with Gasteiger partial charge in [-0.25, -0.2) is 0 Å². The highest BCUT2D eigenvalue weighted by Gasteiger charge is 2.34. The monoisotopic (exact) mass is 658 g/mol. The molecule has 246 valence electrons. The molecule has 0 aromatic heterocycles. The molecule has 0 aliphatic heterocycles. The molecule has 0 bridgehead atoms. The molecule has 0 aliphatic rings. The fraction of sp³-hybridized carbons (Fsp3) is 0.356. The smallest absolute Gasteiger partial charge is 0.0411 e. The van der Waals surface area contributed by atoms with Crippen LogP contribution in [0.2, 0.25) is 0 Å². The van der Waals surface area contributed by atoms with E-state index < -0.39 is 19.5 Å². The van der Waals surface area contributed by atoms with Gasteiger partial charge in [-0.3, -0.25) is 0 Å². The van der Waals surface area contributed by atoms with Crippen LogP contribution >= 0.6 is 19.5 Å². The molecular formula is C45H54S2. The van der Waals surface area contributed by atoms with Crippen LogP contribution in [0.5, 0.6) is 0 Å². The molecule has 0 saturated carbocycles. The van der Waals surface area contributed by atoms with Gasteiger partial charge in [-0.2, -0.15) is 19.5 Å². The van der Waals surface area contributed by atoms with Crippen LogP contribution in [0.15, 0.2) is 98.1 Å². The average molecular weight is 659 g/mol. The van der Waals surface area contributed by atoms with Crippen LogP contribution in [0, 0.1) is 16.4 Å². The van der Waals surface area contributed by atoms with Gasteiger partial charge in [-0.1, -0.05) is 141 Å². The van der Waals surface area contributed by atoms with Crippen LogP contribution in [0.1, 0.15) is 80.4 Å². The Kier molecular flexibility index (Phi) is 10.2. The summed E-state index contributed by atoms with van der Waals surface area (Å²) in [5.74, 6) is 3.95. The van der Waals surface area contributed by atoms with Crippen molar-refractivity contribution >= 4 is 62.6 Å². The average Bonchev–Trinajstić information content (AvgIpc) is 3.05. The second-order valence-corrected chi connectivity index (χ2v) is 22.9. The quantitative estimate of drug-likeness (QED) is 0.100. The second-order valence-electron chi connectivity index (χ2n) is 14.2. The van der Waals surface area contributed by atoms with Gasteiger partial charge in [-0.15, -0.1) is 13.2 Å². The van der Waals surface area contributed by atoms with E-state index in [0.717, 1.165) is 5.56 Å². The highest BCUT2D eigenvalue weighted by Crippen LogP contribution is 2.60.